The van der Waals surface area contributed by atoms with Gasteiger partial charge in [0.05, 0.1) is 35.0 Å². The fourth-order valence-electron chi connectivity index (χ4n) is 6.90. The maximum atomic E-state index is 13.4. The van der Waals surface area contributed by atoms with Gasteiger partial charge in [-0.05, 0) is 38.3 Å². The highest BCUT2D eigenvalue weighted by molar-refractivity contribution is 6.39. The molecule has 11 nitrogen and oxygen atoms in total. The summed E-state index contributed by atoms with van der Waals surface area (Å²) in [6.07, 6.45) is 4.53. The Morgan fingerprint density at radius 2 is 1.72 bits per heavy atom. The molecule has 1 saturated heterocycles. The number of fused-ring (bicyclic) bond motifs is 1. The Balaban J connectivity index is 1.14. The van der Waals surface area contributed by atoms with Crippen LogP contribution in [0.4, 0.5) is 0 Å². The molecule has 7 rings (SSSR count). The van der Waals surface area contributed by atoms with Gasteiger partial charge in [-0.15, -0.1) is 0 Å². The summed E-state index contributed by atoms with van der Waals surface area (Å²) in [5, 5.41) is 25.5. The molecule has 1 aliphatic carbocycles. The summed E-state index contributed by atoms with van der Waals surface area (Å²) >= 11 is 14.2. The highest BCUT2D eigenvalue weighted by Crippen LogP contribution is 2.42. The molecule has 1 saturated carbocycles. The molecule has 3 aromatic heterocycles. The summed E-state index contributed by atoms with van der Waals surface area (Å²) in [7, 11) is 3.30. The first-order valence-corrected chi connectivity index (χ1v) is 17.4. The number of aliphatic hydroxyl groups is 1. The Kier molecular flexibility index (Phi) is 9.44. The maximum absolute atomic E-state index is 13.4. The summed E-state index contributed by atoms with van der Waals surface area (Å²) in [5.41, 5.74) is 4.87. The summed E-state index contributed by atoms with van der Waals surface area (Å²) < 4.78 is 8.80. The van der Waals surface area contributed by atoms with Crippen LogP contribution in [0.1, 0.15) is 44.0 Å². The third kappa shape index (κ3) is 6.76. The van der Waals surface area contributed by atoms with Crippen molar-refractivity contribution in [3.63, 3.8) is 0 Å². The Bertz CT molecular complexity index is 2150. The van der Waals surface area contributed by atoms with Crippen molar-refractivity contribution in [2.24, 2.45) is 7.05 Å². The van der Waals surface area contributed by atoms with Crippen molar-refractivity contribution in [3.05, 3.63) is 92.6 Å². The van der Waals surface area contributed by atoms with Gasteiger partial charge in [0, 0.05) is 78.2 Å². The van der Waals surface area contributed by atoms with Crippen molar-refractivity contribution in [1.29, 1.82) is 0 Å². The van der Waals surface area contributed by atoms with Gasteiger partial charge >= 0.3 is 0 Å². The topological polar surface area (TPSA) is 135 Å². The molecule has 0 spiro atoms. The van der Waals surface area contributed by atoms with E-state index in [9.17, 15) is 14.7 Å². The minimum atomic E-state index is -0.638. The molecule has 2 aromatic carbocycles. The lowest BCUT2D eigenvalue weighted by atomic mass is 9.77. The van der Waals surface area contributed by atoms with E-state index < -0.39 is 5.60 Å². The lowest BCUT2D eigenvalue weighted by Crippen LogP contribution is -2.51. The molecule has 50 heavy (non-hydrogen) atoms. The third-order valence-electron chi connectivity index (χ3n) is 9.65. The van der Waals surface area contributed by atoms with Gasteiger partial charge in [-0.25, -0.2) is 9.50 Å². The monoisotopic (exact) mass is 715 g/mol. The maximum Gasteiger partial charge on any atom is 0.277 e. The van der Waals surface area contributed by atoms with Crippen molar-refractivity contribution < 1.29 is 14.6 Å². The minimum absolute atomic E-state index is 0.0925. The van der Waals surface area contributed by atoms with E-state index in [0.717, 1.165) is 39.8 Å². The van der Waals surface area contributed by atoms with Gasteiger partial charge in [0.15, 0.2) is 0 Å². The van der Waals surface area contributed by atoms with E-state index >= 15 is 0 Å². The molecule has 4 heterocycles. The molecule has 4 N–H and O–H groups in total. The first-order valence-electron chi connectivity index (χ1n) is 16.7. The van der Waals surface area contributed by atoms with Gasteiger partial charge < -0.3 is 25.8 Å². The molecule has 2 fully saturated rings. The number of rotatable bonds is 11. The molecule has 0 unspecified atom stereocenters. The second kappa shape index (κ2) is 13.8. The molecule has 0 radical (unpaired) electrons. The number of hydrogen-bond acceptors (Lipinski definition) is 8. The number of benzene rings is 2. The number of carbonyl (C=O) groups is 1. The van der Waals surface area contributed by atoms with Crippen LogP contribution in [0.15, 0.2) is 65.6 Å². The largest absolute Gasteiger partial charge is 0.481 e. The highest BCUT2D eigenvalue weighted by Gasteiger charge is 2.38. The molecular formula is C37H39Cl2N7O4. The van der Waals surface area contributed by atoms with Crippen molar-refractivity contribution >= 4 is 34.6 Å². The fraction of sp³-hybridized carbons (Fsp3) is 0.351. The SMILES string of the molecule is COc1nc(-c2cccc(-c3cccc(-c4cc5c(=O)n(C)c(CNC6CC(C)(O)C6)nn5c4)c3Cl)c2Cl)ccc1CNC[C@H]1CCC(=O)N1. The molecule has 1 atom stereocenters. The quantitative estimate of drug-likeness (QED) is 0.148. The van der Waals surface area contributed by atoms with Crippen LogP contribution in [0.2, 0.25) is 10.0 Å². The second-order valence-electron chi connectivity index (χ2n) is 13.5. The van der Waals surface area contributed by atoms with Crippen LogP contribution in [0.3, 0.4) is 0 Å². The molecular weight excluding hydrogens is 677 g/mol. The number of nitrogens with zero attached hydrogens (tertiary/aromatic N) is 4. The molecule has 1 amide bonds. The van der Waals surface area contributed by atoms with E-state index in [1.54, 1.807) is 29.3 Å². The van der Waals surface area contributed by atoms with Crippen LogP contribution in [-0.4, -0.2) is 61.5 Å². The van der Waals surface area contributed by atoms with Crippen molar-refractivity contribution in [3.8, 4) is 39.4 Å². The number of aromatic nitrogens is 4. The van der Waals surface area contributed by atoms with E-state index in [1.165, 1.54) is 0 Å². The van der Waals surface area contributed by atoms with E-state index in [2.05, 4.69) is 16.0 Å². The normalized spacial score (nSPS) is 20.2. The van der Waals surface area contributed by atoms with Gasteiger partial charge in [0.2, 0.25) is 11.8 Å². The minimum Gasteiger partial charge on any atom is -0.481 e. The van der Waals surface area contributed by atoms with Gasteiger partial charge in [0.25, 0.3) is 5.56 Å². The summed E-state index contributed by atoms with van der Waals surface area (Å²) in [6.45, 7) is 3.44. The van der Waals surface area contributed by atoms with Gasteiger partial charge in [-0.1, -0.05) is 65.7 Å². The number of nitrogens with one attached hydrogen (secondary N) is 3. The number of carbonyl (C=O) groups excluding carboxylic acids is 1. The number of pyridine rings is 1. The second-order valence-corrected chi connectivity index (χ2v) is 14.2. The van der Waals surface area contributed by atoms with Crippen molar-refractivity contribution in [2.75, 3.05) is 13.7 Å². The zero-order chi connectivity index (χ0) is 35.2. The lowest BCUT2D eigenvalue weighted by Gasteiger charge is -2.41. The zero-order valence-electron chi connectivity index (χ0n) is 28.1. The summed E-state index contributed by atoms with van der Waals surface area (Å²) in [4.78, 5) is 29.7. The van der Waals surface area contributed by atoms with Gasteiger partial charge in [-0.2, -0.15) is 5.10 Å². The predicted octanol–water partition coefficient (Wildman–Crippen LogP) is 5.12. The molecule has 2 aliphatic rings. The number of ether oxygens (including phenoxy) is 1. The van der Waals surface area contributed by atoms with E-state index in [-0.39, 0.29) is 23.6 Å². The number of amides is 1. The fourth-order valence-corrected chi connectivity index (χ4v) is 7.56. The number of methoxy groups -OCH3 is 1. The average molecular weight is 717 g/mol. The van der Waals surface area contributed by atoms with Gasteiger partial charge in [-0.3, -0.25) is 14.2 Å². The molecule has 5 aromatic rings. The molecule has 1 aliphatic heterocycles. The Morgan fingerprint density at radius 3 is 2.40 bits per heavy atom. The Hall–Kier alpha value is -4.26. The molecule has 0 bridgehead atoms. The zero-order valence-corrected chi connectivity index (χ0v) is 29.6. The van der Waals surface area contributed by atoms with Crippen LogP contribution in [0.25, 0.3) is 39.0 Å². The van der Waals surface area contributed by atoms with Gasteiger partial charge in [0.1, 0.15) is 11.3 Å². The third-order valence-corrected chi connectivity index (χ3v) is 10.5. The summed E-state index contributed by atoms with van der Waals surface area (Å²) in [5.74, 6) is 1.17. The standard InChI is InChI=1S/C37H39Cl2N7O4/c1-37(49)15-24(16-37)41-19-31-44-46-20-22(14-30(46)36(48)45(31)2)25-6-4-7-26(33(25)38)27-8-5-9-28(34(27)39)29-12-10-21(35(43-29)50-3)17-40-18-23-11-13-32(47)42-23/h4-10,12,14,20,23-24,40-41,49H,11,13,15-19H2,1-3H3,(H,42,47)/t23-,24?,37?/m1/s1. The highest BCUT2D eigenvalue weighted by atomic mass is 35.5. The van der Waals surface area contributed by atoms with Crippen LogP contribution < -0.4 is 26.2 Å². The van der Waals surface area contributed by atoms with E-state index in [0.29, 0.717) is 71.9 Å². The first kappa shape index (κ1) is 34.2. The smallest absolute Gasteiger partial charge is 0.277 e. The van der Waals surface area contributed by atoms with Crippen LogP contribution in [0, 0.1) is 0 Å². The molecule has 260 valence electrons. The average Bonchev–Trinajstić information content (AvgIpc) is 3.71. The first-order chi connectivity index (χ1) is 24.0. The van der Waals surface area contributed by atoms with Crippen LogP contribution in [-0.2, 0) is 24.9 Å². The summed E-state index contributed by atoms with van der Waals surface area (Å²) in [6, 6.07) is 17.5. The van der Waals surface area contributed by atoms with Crippen LogP contribution >= 0.6 is 23.2 Å². The van der Waals surface area contributed by atoms with Crippen LogP contribution in [0.5, 0.6) is 5.88 Å². The predicted molar refractivity (Wildman–Crippen MR) is 194 cm³/mol. The van der Waals surface area contributed by atoms with E-state index in [1.807, 2.05) is 61.7 Å². The van der Waals surface area contributed by atoms with Crippen molar-refractivity contribution in [1.82, 2.24) is 35.1 Å². The van der Waals surface area contributed by atoms with Crippen molar-refractivity contribution in [2.45, 2.75) is 63.4 Å². The Labute approximate surface area is 299 Å². The Morgan fingerprint density at radius 1 is 1.02 bits per heavy atom. The lowest BCUT2D eigenvalue weighted by molar-refractivity contribution is -0.119. The van der Waals surface area contributed by atoms with E-state index in [4.69, 9.17) is 38.0 Å². The number of hydrogen-bond donors (Lipinski definition) is 4. The number of halogens is 2. The molecule has 13 heteroatoms.